The van der Waals surface area contributed by atoms with E-state index in [4.69, 9.17) is 9.73 Å². The van der Waals surface area contributed by atoms with Crippen LogP contribution in [0, 0.1) is 0 Å². The molecule has 0 bridgehead atoms. The predicted molar refractivity (Wildman–Crippen MR) is 101 cm³/mol. The Hall–Kier alpha value is -0.850. The highest BCUT2D eigenvalue weighted by atomic mass is 16.5. The van der Waals surface area contributed by atoms with Crippen molar-refractivity contribution in [3.63, 3.8) is 0 Å². The summed E-state index contributed by atoms with van der Waals surface area (Å²) in [5.41, 5.74) is 0. The molecule has 2 rings (SSSR count). The fourth-order valence-electron chi connectivity index (χ4n) is 3.78. The first-order valence-corrected chi connectivity index (χ1v) is 9.78. The first-order valence-electron chi connectivity index (χ1n) is 9.78. The van der Waals surface area contributed by atoms with Crippen molar-refractivity contribution < 1.29 is 4.74 Å². The average molecular weight is 340 g/mol. The Labute approximate surface area is 148 Å². The van der Waals surface area contributed by atoms with Crippen LogP contribution >= 0.6 is 0 Å². The van der Waals surface area contributed by atoms with Gasteiger partial charge in [-0.1, -0.05) is 13.8 Å². The number of likely N-dealkylation sites (N-methyl/N-ethyl adjacent to an activating group) is 1. The van der Waals surface area contributed by atoms with Crippen LogP contribution in [0.3, 0.4) is 0 Å². The number of hydrogen-bond acceptors (Lipinski definition) is 4. The molecule has 6 heteroatoms. The third kappa shape index (κ3) is 5.33. The molecule has 6 nitrogen and oxygen atoms in total. The van der Waals surface area contributed by atoms with Crippen LogP contribution in [0.25, 0.3) is 0 Å². The van der Waals surface area contributed by atoms with Gasteiger partial charge >= 0.3 is 0 Å². The highest BCUT2D eigenvalue weighted by Crippen LogP contribution is 2.17. The van der Waals surface area contributed by atoms with Gasteiger partial charge in [0.15, 0.2) is 5.96 Å². The molecule has 2 saturated heterocycles. The number of nitrogens with one attached hydrogen (secondary N) is 1. The fraction of sp³-hybridized carbons (Fsp3) is 0.944. The molecule has 2 aliphatic heterocycles. The van der Waals surface area contributed by atoms with Gasteiger partial charge in [0.1, 0.15) is 0 Å². The zero-order valence-corrected chi connectivity index (χ0v) is 16.1. The SMILES string of the molecule is CCNC(=NCC(C)N(CC)CC)N1CCC(N2CCOCC2)C1. The molecule has 140 valence electrons. The molecule has 2 atom stereocenters. The van der Waals surface area contributed by atoms with Crippen molar-refractivity contribution in [1.29, 1.82) is 0 Å². The molecule has 0 radical (unpaired) electrons. The fourth-order valence-corrected chi connectivity index (χ4v) is 3.78. The van der Waals surface area contributed by atoms with Crippen molar-refractivity contribution in [3.8, 4) is 0 Å². The summed E-state index contributed by atoms with van der Waals surface area (Å²) < 4.78 is 5.48. The van der Waals surface area contributed by atoms with Crippen molar-refractivity contribution >= 4 is 5.96 Å². The number of morpholine rings is 1. The highest BCUT2D eigenvalue weighted by molar-refractivity contribution is 5.80. The maximum Gasteiger partial charge on any atom is 0.194 e. The van der Waals surface area contributed by atoms with Crippen molar-refractivity contribution in [2.45, 2.75) is 46.2 Å². The summed E-state index contributed by atoms with van der Waals surface area (Å²) in [6.45, 7) is 19.0. The van der Waals surface area contributed by atoms with Gasteiger partial charge in [0, 0.05) is 44.8 Å². The largest absolute Gasteiger partial charge is 0.379 e. The van der Waals surface area contributed by atoms with Crippen LogP contribution < -0.4 is 5.32 Å². The maximum atomic E-state index is 5.48. The Bertz CT molecular complexity index is 380. The minimum absolute atomic E-state index is 0.492. The Morgan fingerprint density at radius 1 is 1.21 bits per heavy atom. The van der Waals surface area contributed by atoms with Crippen LogP contribution in [0.15, 0.2) is 4.99 Å². The van der Waals surface area contributed by atoms with Crippen molar-refractivity contribution in [1.82, 2.24) is 20.0 Å². The molecule has 24 heavy (non-hydrogen) atoms. The van der Waals surface area contributed by atoms with Crippen LogP contribution in [0.1, 0.15) is 34.1 Å². The van der Waals surface area contributed by atoms with E-state index in [2.05, 4.69) is 47.7 Å². The van der Waals surface area contributed by atoms with E-state index in [0.717, 1.165) is 71.5 Å². The smallest absolute Gasteiger partial charge is 0.194 e. The predicted octanol–water partition coefficient (Wildman–Crippen LogP) is 1.09. The van der Waals surface area contributed by atoms with E-state index in [9.17, 15) is 0 Å². The number of rotatable bonds is 7. The minimum Gasteiger partial charge on any atom is -0.379 e. The summed E-state index contributed by atoms with van der Waals surface area (Å²) in [5.74, 6) is 1.09. The van der Waals surface area contributed by atoms with Gasteiger partial charge in [0.05, 0.1) is 19.8 Å². The van der Waals surface area contributed by atoms with E-state index in [-0.39, 0.29) is 0 Å². The Morgan fingerprint density at radius 2 is 1.92 bits per heavy atom. The first-order chi connectivity index (χ1) is 11.7. The maximum absolute atomic E-state index is 5.48. The summed E-state index contributed by atoms with van der Waals surface area (Å²) in [6, 6.07) is 1.14. The summed E-state index contributed by atoms with van der Waals surface area (Å²) in [7, 11) is 0. The average Bonchev–Trinajstić information content (AvgIpc) is 3.10. The number of likely N-dealkylation sites (tertiary alicyclic amines) is 1. The van der Waals surface area contributed by atoms with Crippen LogP contribution in [-0.4, -0.2) is 98.3 Å². The van der Waals surface area contributed by atoms with Crippen molar-refractivity contribution in [2.24, 2.45) is 4.99 Å². The Balaban J connectivity index is 1.91. The molecular formula is C18H37N5O. The van der Waals surface area contributed by atoms with E-state index < -0.39 is 0 Å². The van der Waals surface area contributed by atoms with Crippen LogP contribution in [0.2, 0.25) is 0 Å². The molecule has 0 aromatic carbocycles. The number of nitrogens with zero attached hydrogens (tertiary/aromatic N) is 4. The van der Waals surface area contributed by atoms with Gasteiger partial charge in [-0.3, -0.25) is 14.8 Å². The van der Waals surface area contributed by atoms with E-state index >= 15 is 0 Å². The third-order valence-corrected chi connectivity index (χ3v) is 5.30. The molecule has 0 aromatic heterocycles. The molecule has 0 amide bonds. The third-order valence-electron chi connectivity index (χ3n) is 5.30. The zero-order valence-electron chi connectivity index (χ0n) is 16.1. The molecule has 2 unspecified atom stereocenters. The quantitative estimate of drug-likeness (QED) is 0.556. The molecule has 0 aromatic rings. The normalized spacial score (nSPS) is 24.6. The lowest BCUT2D eigenvalue weighted by Gasteiger charge is -2.32. The highest BCUT2D eigenvalue weighted by Gasteiger charge is 2.30. The van der Waals surface area contributed by atoms with Gasteiger partial charge < -0.3 is 15.0 Å². The first kappa shape index (κ1) is 19.5. The van der Waals surface area contributed by atoms with Crippen molar-refractivity contribution in [2.75, 3.05) is 65.6 Å². The van der Waals surface area contributed by atoms with Gasteiger partial charge in [-0.15, -0.1) is 0 Å². The monoisotopic (exact) mass is 339 g/mol. The molecule has 0 saturated carbocycles. The number of guanidine groups is 1. The van der Waals surface area contributed by atoms with E-state index in [1.165, 1.54) is 6.42 Å². The zero-order chi connectivity index (χ0) is 17.4. The van der Waals surface area contributed by atoms with E-state index in [0.29, 0.717) is 12.1 Å². The topological polar surface area (TPSA) is 43.3 Å². The molecule has 2 aliphatic rings. The summed E-state index contributed by atoms with van der Waals surface area (Å²) in [5, 5.41) is 3.49. The van der Waals surface area contributed by atoms with Gasteiger partial charge in [-0.05, 0) is 33.4 Å². The Morgan fingerprint density at radius 3 is 2.54 bits per heavy atom. The number of ether oxygens (including phenoxy) is 1. The van der Waals surface area contributed by atoms with Crippen LogP contribution in [0.4, 0.5) is 0 Å². The second-order valence-electron chi connectivity index (χ2n) is 6.80. The lowest BCUT2D eigenvalue weighted by Crippen LogP contribution is -2.47. The molecule has 0 spiro atoms. The van der Waals surface area contributed by atoms with Gasteiger partial charge in [-0.2, -0.15) is 0 Å². The second kappa shape index (κ2) is 10.2. The summed E-state index contributed by atoms with van der Waals surface area (Å²) >= 11 is 0. The Kier molecular flexibility index (Phi) is 8.29. The van der Waals surface area contributed by atoms with Gasteiger partial charge in [0.2, 0.25) is 0 Å². The van der Waals surface area contributed by atoms with Gasteiger partial charge in [-0.25, -0.2) is 0 Å². The summed E-state index contributed by atoms with van der Waals surface area (Å²) in [4.78, 5) is 12.4. The summed E-state index contributed by atoms with van der Waals surface area (Å²) in [6.07, 6.45) is 1.23. The molecular weight excluding hydrogens is 302 g/mol. The number of aliphatic imine (C=N–C) groups is 1. The number of hydrogen-bond donors (Lipinski definition) is 1. The standard InChI is InChI=1S/C18H37N5O/c1-5-19-18(20-14-16(4)21(6-2)7-3)23-9-8-17(15-23)22-10-12-24-13-11-22/h16-17H,5-15H2,1-4H3,(H,19,20). The minimum atomic E-state index is 0.492. The molecule has 0 aliphatic carbocycles. The van der Waals surface area contributed by atoms with Gasteiger partial charge in [0.25, 0.3) is 0 Å². The lowest BCUT2D eigenvalue weighted by atomic mass is 10.2. The molecule has 2 heterocycles. The van der Waals surface area contributed by atoms with E-state index in [1.807, 2.05) is 0 Å². The van der Waals surface area contributed by atoms with E-state index in [1.54, 1.807) is 0 Å². The lowest BCUT2D eigenvalue weighted by molar-refractivity contribution is 0.0195. The van der Waals surface area contributed by atoms with Crippen molar-refractivity contribution in [3.05, 3.63) is 0 Å². The molecule has 2 fully saturated rings. The van der Waals surface area contributed by atoms with Crippen LogP contribution in [-0.2, 0) is 4.74 Å². The second-order valence-corrected chi connectivity index (χ2v) is 6.80. The van der Waals surface area contributed by atoms with Crippen LogP contribution in [0.5, 0.6) is 0 Å². The molecule has 1 N–H and O–H groups in total.